The van der Waals surface area contributed by atoms with Gasteiger partial charge < -0.3 is 19.8 Å². The maximum absolute atomic E-state index is 13.0. The Morgan fingerprint density at radius 3 is 1.16 bits per heavy atom. The SMILES string of the molecule is CC/C=C\C/C=C\C/C=C\C/C=C\C/C=C\CCCCCCCCCCCCCCCCCCCCCCCC(=O)NC(COP(=O)(O)OCC[N+](C)(C)C)C(O)/C=C/CCCCCCCCCCCCCCCCC. The second kappa shape index (κ2) is 57.6. The maximum Gasteiger partial charge on any atom is 0.472 e. The van der Waals surface area contributed by atoms with E-state index in [0.29, 0.717) is 17.4 Å². The van der Waals surface area contributed by atoms with Gasteiger partial charge in [0.25, 0.3) is 0 Å². The standard InChI is InChI=1S/C67H125N2O6P/c1-6-8-10-12-14-16-18-20-22-24-25-26-27-28-29-30-31-32-33-34-35-36-37-38-39-40-41-42-43-45-47-49-51-53-55-57-59-61-67(71)68-65(64-75-76(72,73)74-63-62-69(3,4)5)66(70)60-58-56-54-52-50-48-46-44-23-21-19-17-15-13-11-9-7-2/h8,10,14,16,20,22,25-26,28-29,58,60,65-66,70H,6-7,9,11-13,15,17-19,21,23-24,27,30-57,59,61-64H2,1-5H3,(H-,68,71,72,73)/p+1/b10-8-,16-14-,22-20-,26-25-,29-28-,60-58+. The largest absolute Gasteiger partial charge is 0.472 e. The Hall–Kier alpha value is -2.06. The first-order chi connectivity index (χ1) is 37.0. The van der Waals surface area contributed by atoms with Crippen molar-refractivity contribution in [2.24, 2.45) is 0 Å². The fourth-order valence-electron chi connectivity index (χ4n) is 9.42. The number of quaternary nitrogens is 1. The van der Waals surface area contributed by atoms with Gasteiger partial charge in [-0.25, -0.2) is 4.57 Å². The number of phosphoric acid groups is 1. The Balaban J connectivity index is 3.99. The number of aliphatic hydroxyl groups excluding tert-OH is 1. The second-order valence-corrected chi connectivity index (χ2v) is 24.6. The van der Waals surface area contributed by atoms with Crippen LogP contribution in [0, 0.1) is 0 Å². The van der Waals surface area contributed by atoms with Crippen LogP contribution in [0.5, 0.6) is 0 Å². The second-order valence-electron chi connectivity index (χ2n) is 23.1. The van der Waals surface area contributed by atoms with Crippen molar-refractivity contribution >= 4 is 13.7 Å². The molecule has 9 heteroatoms. The van der Waals surface area contributed by atoms with Crippen LogP contribution in [0.1, 0.15) is 296 Å². The van der Waals surface area contributed by atoms with Crippen LogP contribution in [0.4, 0.5) is 0 Å². The molecule has 0 heterocycles. The highest BCUT2D eigenvalue weighted by Crippen LogP contribution is 2.43. The molecule has 0 fully saturated rings. The number of hydrogen-bond donors (Lipinski definition) is 3. The number of phosphoric ester groups is 1. The van der Waals surface area contributed by atoms with Crippen LogP contribution in [0.25, 0.3) is 0 Å². The highest BCUT2D eigenvalue weighted by Gasteiger charge is 2.28. The molecule has 76 heavy (non-hydrogen) atoms. The van der Waals surface area contributed by atoms with Crippen molar-refractivity contribution in [1.82, 2.24) is 5.32 Å². The third-order valence-corrected chi connectivity index (χ3v) is 15.4. The lowest BCUT2D eigenvalue weighted by atomic mass is 10.0. The number of allylic oxidation sites excluding steroid dienone is 11. The van der Waals surface area contributed by atoms with Gasteiger partial charge >= 0.3 is 7.82 Å². The van der Waals surface area contributed by atoms with Crippen molar-refractivity contribution in [1.29, 1.82) is 0 Å². The first-order valence-corrected chi connectivity index (χ1v) is 33.8. The normalized spacial score (nSPS) is 14.2. The number of rotatable bonds is 59. The molecule has 0 aliphatic rings. The summed E-state index contributed by atoms with van der Waals surface area (Å²) in [5, 5.41) is 14.0. The molecule has 0 aliphatic heterocycles. The number of hydrogen-bond acceptors (Lipinski definition) is 5. The molecule has 1 amide bonds. The van der Waals surface area contributed by atoms with Gasteiger partial charge in [0.15, 0.2) is 0 Å². The molecule has 3 atom stereocenters. The Bertz CT molecular complexity index is 1470. The van der Waals surface area contributed by atoms with E-state index in [0.717, 1.165) is 70.6 Å². The van der Waals surface area contributed by atoms with E-state index in [1.807, 2.05) is 27.2 Å². The molecule has 0 saturated heterocycles. The Kier molecular flexibility index (Phi) is 56.1. The maximum atomic E-state index is 13.0. The quantitative estimate of drug-likeness (QED) is 0.0243. The Morgan fingerprint density at radius 2 is 0.789 bits per heavy atom. The molecular formula is C67H126N2O6P+. The molecule has 0 rings (SSSR count). The van der Waals surface area contributed by atoms with Crippen LogP contribution in [0.15, 0.2) is 72.9 Å². The number of unbranched alkanes of at least 4 members (excludes halogenated alkanes) is 36. The minimum atomic E-state index is -4.35. The molecule has 0 spiro atoms. The van der Waals surface area contributed by atoms with Crippen LogP contribution in [-0.4, -0.2) is 73.4 Å². The lowest BCUT2D eigenvalue weighted by molar-refractivity contribution is -0.870. The number of nitrogens with one attached hydrogen (secondary N) is 1. The molecule has 3 N–H and O–H groups in total. The van der Waals surface area contributed by atoms with Crippen molar-refractivity contribution in [3.63, 3.8) is 0 Å². The number of carbonyl (C=O) groups excluding carboxylic acids is 1. The van der Waals surface area contributed by atoms with Gasteiger partial charge in [0.2, 0.25) is 5.91 Å². The minimum absolute atomic E-state index is 0.0618. The molecule has 0 radical (unpaired) electrons. The van der Waals surface area contributed by atoms with Crippen LogP contribution >= 0.6 is 7.82 Å². The van der Waals surface area contributed by atoms with E-state index in [2.05, 4.69) is 79.9 Å². The van der Waals surface area contributed by atoms with Gasteiger partial charge in [-0.3, -0.25) is 13.8 Å². The zero-order valence-electron chi connectivity index (χ0n) is 50.7. The van der Waals surface area contributed by atoms with E-state index < -0.39 is 20.0 Å². The molecule has 444 valence electrons. The first kappa shape index (κ1) is 73.9. The fourth-order valence-corrected chi connectivity index (χ4v) is 10.2. The van der Waals surface area contributed by atoms with Gasteiger partial charge in [0, 0.05) is 6.42 Å². The summed E-state index contributed by atoms with van der Waals surface area (Å²) in [4.78, 5) is 23.3. The van der Waals surface area contributed by atoms with Gasteiger partial charge in [0.1, 0.15) is 13.2 Å². The van der Waals surface area contributed by atoms with Gasteiger partial charge in [0.05, 0.1) is 39.9 Å². The summed E-state index contributed by atoms with van der Waals surface area (Å²) in [6.07, 6.45) is 80.3. The van der Waals surface area contributed by atoms with Gasteiger partial charge in [-0.15, -0.1) is 0 Å². The first-order valence-electron chi connectivity index (χ1n) is 32.3. The van der Waals surface area contributed by atoms with E-state index >= 15 is 0 Å². The van der Waals surface area contributed by atoms with Crippen molar-refractivity contribution in [2.75, 3.05) is 40.9 Å². The summed E-state index contributed by atoms with van der Waals surface area (Å²) in [5.41, 5.74) is 0. The topological polar surface area (TPSA) is 105 Å². The summed E-state index contributed by atoms with van der Waals surface area (Å²) in [6, 6.07) is -0.847. The summed E-state index contributed by atoms with van der Waals surface area (Å²) in [7, 11) is 1.58. The van der Waals surface area contributed by atoms with Crippen molar-refractivity contribution in [3.05, 3.63) is 72.9 Å². The summed E-state index contributed by atoms with van der Waals surface area (Å²) in [5.74, 6) is -0.173. The van der Waals surface area contributed by atoms with Gasteiger partial charge in [-0.05, 0) is 64.2 Å². The molecule has 3 unspecified atom stereocenters. The lowest BCUT2D eigenvalue weighted by Crippen LogP contribution is -2.45. The average Bonchev–Trinajstić information content (AvgIpc) is 3.38. The molecule has 8 nitrogen and oxygen atoms in total. The highest BCUT2D eigenvalue weighted by molar-refractivity contribution is 7.47. The van der Waals surface area contributed by atoms with Gasteiger partial charge in [-0.2, -0.15) is 0 Å². The summed E-state index contributed by atoms with van der Waals surface area (Å²) >= 11 is 0. The van der Waals surface area contributed by atoms with E-state index in [1.54, 1.807) is 6.08 Å². The third kappa shape index (κ3) is 59.6. The number of amides is 1. The van der Waals surface area contributed by atoms with E-state index in [-0.39, 0.29) is 19.1 Å². The molecule has 0 aromatic rings. The van der Waals surface area contributed by atoms with Crippen LogP contribution in [-0.2, 0) is 18.4 Å². The lowest BCUT2D eigenvalue weighted by Gasteiger charge is -2.25. The van der Waals surface area contributed by atoms with Crippen molar-refractivity contribution in [3.8, 4) is 0 Å². The molecule has 0 aromatic carbocycles. The molecular weight excluding hydrogens is 960 g/mol. The Morgan fingerprint density at radius 1 is 0.461 bits per heavy atom. The monoisotopic (exact) mass is 1090 g/mol. The van der Waals surface area contributed by atoms with Crippen LogP contribution in [0.2, 0.25) is 0 Å². The predicted octanol–water partition coefficient (Wildman–Crippen LogP) is 20.2. The zero-order valence-corrected chi connectivity index (χ0v) is 51.6. The number of aliphatic hydroxyl groups is 1. The third-order valence-electron chi connectivity index (χ3n) is 14.4. The summed E-state index contributed by atoms with van der Waals surface area (Å²) in [6.45, 7) is 4.73. The number of likely N-dealkylation sites (N-methyl/N-ethyl adjacent to an activating group) is 1. The summed E-state index contributed by atoms with van der Waals surface area (Å²) < 4.78 is 23.7. The van der Waals surface area contributed by atoms with Crippen LogP contribution in [0.3, 0.4) is 0 Å². The van der Waals surface area contributed by atoms with Gasteiger partial charge in [-0.1, -0.05) is 299 Å². The smallest absolute Gasteiger partial charge is 0.387 e. The molecule has 0 aliphatic carbocycles. The Labute approximate surface area is 472 Å². The minimum Gasteiger partial charge on any atom is -0.387 e. The molecule has 0 aromatic heterocycles. The predicted molar refractivity (Wildman–Crippen MR) is 332 cm³/mol. The van der Waals surface area contributed by atoms with Crippen molar-refractivity contribution in [2.45, 2.75) is 309 Å². The molecule has 0 saturated carbocycles. The van der Waals surface area contributed by atoms with E-state index in [1.165, 1.54) is 205 Å². The highest BCUT2D eigenvalue weighted by atomic mass is 31.2. The van der Waals surface area contributed by atoms with E-state index in [4.69, 9.17) is 9.05 Å². The fraction of sp³-hybridized carbons (Fsp3) is 0.806. The molecule has 0 bridgehead atoms. The number of carbonyl (C=O) groups is 1. The average molecular weight is 1090 g/mol. The van der Waals surface area contributed by atoms with Crippen molar-refractivity contribution < 1.29 is 32.9 Å². The zero-order chi connectivity index (χ0) is 55.6. The van der Waals surface area contributed by atoms with E-state index in [9.17, 15) is 19.4 Å². The van der Waals surface area contributed by atoms with Crippen LogP contribution < -0.4 is 5.32 Å². The number of nitrogens with zero attached hydrogens (tertiary/aromatic N) is 1.